The minimum absolute atomic E-state index is 0.314. The summed E-state index contributed by atoms with van der Waals surface area (Å²) in [5, 5.41) is 0. The number of imide groups is 3. The summed E-state index contributed by atoms with van der Waals surface area (Å²) in [7, 11) is 0. The molecule has 4 heteroatoms. The van der Waals surface area contributed by atoms with Gasteiger partial charge in [-0.1, -0.05) is 26.0 Å². The third kappa shape index (κ3) is 1.65. The largest absolute Gasteiger partial charge is 0.274 e. The van der Waals surface area contributed by atoms with Crippen molar-refractivity contribution < 1.29 is 14.4 Å². The Kier molecular flexibility index (Phi) is 2.79. The van der Waals surface area contributed by atoms with Crippen molar-refractivity contribution >= 4 is 17.7 Å². The molecule has 0 fully saturated rings. The highest BCUT2D eigenvalue weighted by Gasteiger charge is 2.40. The zero-order valence-electron chi connectivity index (χ0n) is 9.77. The predicted octanol–water partition coefficient (Wildman–Crippen LogP) is 1.86. The number of carbonyl (C=O) groups excluding carboxylic acids is 3. The molecule has 1 heterocycles. The minimum atomic E-state index is -0.504. The molecule has 2 rings (SSSR count). The highest BCUT2D eigenvalue weighted by Crippen LogP contribution is 2.24. The normalized spacial score (nSPS) is 16.0. The summed E-state index contributed by atoms with van der Waals surface area (Å²) >= 11 is 0. The summed E-state index contributed by atoms with van der Waals surface area (Å²) in [4.78, 5) is 36.6. The van der Waals surface area contributed by atoms with Gasteiger partial charge in [0.05, 0.1) is 11.1 Å². The monoisotopic (exact) mass is 231 g/mol. The molecule has 1 aliphatic heterocycles. The van der Waals surface area contributed by atoms with Gasteiger partial charge in [0.25, 0.3) is 11.8 Å². The Balaban J connectivity index is 2.40. The lowest BCUT2D eigenvalue weighted by molar-refractivity contribution is -0.130. The molecular formula is C13H13NO3. The predicted molar refractivity (Wildman–Crippen MR) is 61.4 cm³/mol. The van der Waals surface area contributed by atoms with Crippen LogP contribution in [-0.4, -0.2) is 22.6 Å². The molecular weight excluding hydrogens is 218 g/mol. The van der Waals surface area contributed by atoms with E-state index < -0.39 is 17.7 Å². The Morgan fingerprint density at radius 3 is 2.06 bits per heavy atom. The lowest BCUT2D eigenvalue weighted by Gasteiger charge is -2.15. The molecule has 1 atom stereocenters. The third-order valence-corrected chi connectivity index (χ3v) is 3.05. The Morgan fingerprint density at radius 2 is 1.65 bits per heavy atom. The first-order valence-electron chi connectivity index (χ1n) is 5.59. The minimum Gasteiger partial charge on any atom is -0.274 e. The Bertz CT molecular complexity index is 472. The van der Waals surface area contributed by atoms with Gasteiger partial charge in [-0.3, -0.25) is 14.4 Å². The molecule has 88 valence electrons. The van der Waals surface area contributed by atoms with Crippen LogP contribution >= 0.6 is 0 Å². The van der Waals surface area contributed by atoms with E-state index >= 15 is 0 Å². The second kappa shape index (κ2) is 4.13. The first-order valence-corrected chi connectivity index (χ1v) is 5.59. The van der Waals surface area contributed by atoms with Crippen LogP contribution in [0, 0.1) is 5.92 Å². The van der Waals surface area contributed by atoms with Crippen LogP contribution in [0.1, 0.15) is 41.0 Å². The highest BCUT2D eigenvalue weighted by atomic mass is 16.2. The van der Waals surface area contributed by atoms with Gasteiger partial charge in [0.2, 0.25) is 5.91 Å². The van der Waals surface area contributed by atoms with Crippen LogP contribution in [0.2, 0.25) is 0 Å². The van der Waals surface area contributed by atoms with E-state index in [-0.39, 0.29) is 5.92 Å². The molecule has 17 heavy (non-hydrogen) atoms. The van der Waals surface area contributed by atoms with E-state index in [1.54, 1.807) is 31.2 Å². The van der Waals surface area contributed by atoms with E-state index in [0.29, 0.717) is 17.5 Å². The van der Waals surface area contributed by atoms with E-state index in [0.717, 1.165) is 4.90 Å². The summed E-state index contributed by atoms with van der Waals surface area (Å²) in [6.45, 7) is 3.56. The molecule has 0 spiro atoms. The van der Waals surface area contributed by atoms with Crippen molar-refractivity contribution in [2.75, 3.05) is 0 Å². The zero-order chi connectivity index (χ0) is 12.6. The molecule has 1 aromatic rings. The molecule has 0 N–H and O–H groups in total. The fraction of sp³-hybridized carbons (Fsp3) is 0.308. The maximum atomic E-state index is 12.0. The number of hydrogen-bond donors (Lipinski definition) is 0. The molecule has 4 nitrogen and oxygen atoms in total. The van der Waals surface area contributed by atoms with Crippen LogP contribution in [-0.2, 0) is 4.79 Å². The molecule has 3 amide bonds. The first kappa shape index (κ1) is 11.5. The summed E-state index contributed by atoms with van der Waals surface area (Å²) in [5.41, 5.74) is 0.628. The topological polar surface area (TPSA) is 54.5 Å². The van der Waals surface area contributed by atoms with Crippen molar-refractivity contribution in [2.45, 2.75) is 20.3 Å². The number of benzene rings is 1. The Morgan fingerprint density at radius 1 is 1.18 bits per heavy atom. The summed E-state index contributed by atoms with van der Waals surface area (Å²) < 4.78 is 0. The average Bonchev–Trinajstić information content (AvgIpc) is 2.61. The van der Waals surface area contributed by atoms with Gasteiger partial charge in [-0.15, -0.1) is 0 Å². The second-order valence-electron chi connectivity index (χ2n) is 4.14. The van der Waals surface area contributed by atoms with Gasteiger partial charge in [0, 0.05) is 5.92 Å². The molecule has 0 saturated heterocycles. The van der Waals surface area contributed by atoms with Gasteiger partial charge < -0.3 is 0 Å². The standard InChI is InChI=1S/C13H13NO3/c1-3-8(2)11(15)14-12(16)9-6-4-5-7-10(9)13(14)17/h4-8H,3H2,1-2H3. The fourth-order valence-corrected chi connectivity index (χ4v) is 1.78. The molecule has 1 unspecified atom stereocenters. The maximum absolute atomic E-state index is 12.0. The van der Waals surface area contributed by atoms with Crippen LogP contribution in [0.3, 0.4) is 0 Å². The maximum Gasteiger partial charge on any atom is 0.268 e. The molecule has 0 aromatic heterocycles. The Hall–Kier alpha value is -1.97. The molecule has 0 saturated carbocycles. The molecule has 1 aliphatic rings. The number of carbonyl (C=O) groups is 3. The Labute approximate surface area is 99.2 Å². The smallest absolute Gasteiger partial charge is 0.268 e. The molecule has 0 bridgehead atoms. The number of fused-ring (bicyclic) bond motifs is 1. The number of rotatable bonds is 2. The first-order chi connectivity index (χ1) is 8.07. The second-order valence-corrected chi connectivity index (χ2v) is 4.14. The van der Waals surface area contributed by atoms with Gasteiger partial charge in [-0.05, 0) is 18.6 Å². The van der Waals surface area contributed by atoms with Crippen molar-refractivity contribution in [2.24, 2.45) is 5.92 Å². The number of nitrogens with zero attached hydrogens (tertiary/aromatic N) is 1. The van der Waals surface area contributed by atoms with Gasteiger partial charge in [0.1, 0.15) is 0 Å². The van der Waals surface area contributed by atoms with Crippen molar-refractivity contribution in [3.63, 3.8) is 0 Å². The number of hydrogen-bond acceptors (Lipinski definition) is 3. The zero-order valence-corrected chi connectivity index (χ0v) is 9.77. The van der Waals surface area contributed by atoms with Crippen LogP contribution in [0.15, 0.2) is 24.3 Å². The van der Waals surface area contributed by atoms with Crippen LogP contribution in [0.25, 0.3) is 0 Å². The molecule has 1 aromatic carbocycles. The lowest BCUT2D eigenvalue weighted by Crippen LogP contribution is -2.39. The highest BCUT2D eigenvalue weighted by molar-refractivity contribution is 6.29. The molecule has 0 radical (unpaired) electrons. The van der Waals surface area contributed by atoms with Crippen molar-refractivity contribution in [1.82, 2.24) is 4.90 Å². The van der Waals surface area contributed by atoms with E-state index in [2.05, 4.69) is 0 Å². The van der Waals surface area contributed by atoms with Crippen LogP contribution in [0.4, 0.5) is 0 Å². The van der Waals surface area contributed by atoms with Crippen molar-refractivity contribution in [3.8, 4) is 0 Å². The molecule has 0 aliphatic carbocycles. The van der Waals surface area contributed by atoms with E-state index in [1.165, 1.54) is 0 Å². The summed E-state index contributed by atoms with van der Waals surface area (Å²) in [6, 6.07) is 6.50. The van der Waals surface area contributed by atoms with Crippen LogP contribution in [0.5, 0.6) is 0 Å². The fourth-order valence-electron chi connectivity index (χ4n) is 1.78. The van der Waals surface area contributed by atoms with E-state index in [4.69, 9.17) is 0 Å². The van der Waals surface area contributed by atoms with E-state index in [1.807, 2.05) is 6.92 Å². The van der Waals surface area contributed by atoms with E-state index in [9.17, 15) is 14.4 Å². The van der Waals surface area contributed by atoms with Gasteiger partial charge in [-0.2, -0.15) is 0 Å². The third-order valence-electron chi connectivity index (χ3n) is 3.05. The average molecular weight is 231 g/mol. The van der Waals surface area contributed by atoms with Crippen molar-refractivity contribution in [3.05, 3.63) is 35.4 Å². The summed E-state index contributed by atoms with van der Waals surface area (Å²) in [5.74, 6) is -1.75. The number of amides is 3. The van der Waals surface area contributed by atoms with Gasteiger partial charge in [0.15, 0.2) is 0 Å². The summed E-state index contributed by atoms with van der Waals surface area (Å²) in [6.07, 6.45) is 0.603. The lowest BCUT2D eigenvalue weighted by atomic mass is 10.1. The van der Waals surface area contributed by atoms with Crippen molar-refractivity contribution in [1.29, 1.82) is 0 Å². The quantitative estimate of drug-likeness (QED) is 0.730. The van der Waals surface area contributed by atoms with Gasteiger partial charge in [-0.25, -0.2) is 4.90 Å². The SMILES string of the molecule is CCC(C)C(=O)N1C(=O)c2ccccc2C1=O. The van der Waals surface area contributed by atoms with Gasteiger partial charge >= 0.3 is 0 Å². The van der Waals surface area contributed by atoms with Crippen LogP contribution < -0.4 is 0 Å².